The number of halogens is 2. The molecule has 3 heterocycles. The third kappa shape index (κ3) is 6.28. The summed E-state index contributed by atoms with van der Waals surface area (Å²) >= 11 is 0. The molecule has 0 bridgehead atoms. The fraction of sp³-hybridized carbons (Fsp3) is 0.357. The highest BCUT2D eigenvalue weighted by Gasteiger charge is 2.34. The van der Waals surface area contributed by atoms with Crippen LogP contribution in [0.1, 0.15) is 22.5 Å². The number of amides is 1. The van der Waals surface area contributed by atoms with E-state index < -0.39 is 22.8 Å². The molecule has 2 unspecified atom stereocenters. The third-order valence-electron chi connectivity index (χ3n) is 7.37. The highest BCUT2D eigenvalue weighted by molar-refractivity contribution is 6.58. The number of benzene rings is 2. The maximum absolute atomic E-state index is 15.7. The number of methoxy groups -OCH3 is 1. The standard InChI is InChI=1S/C28H34B3F2N7O4/c1-14-3-4-21(44-28(29,30)31)22(23(14)33)26-35-6-5-19(37-26)27(42)38-20-10-18(32)24-17(11-36-40(24)7-8-43-2)25(20)39-12-15(34)9-16(39)13-41/h3-6,10-11,15-16,41H,7-9,12-13,29-31,34H2,1-2H3,(H,38,42). The molecule has 1 aliphatic heterocycles. The van der Waals surface area contributed by atoms with Crippen LogP contribution in [-0.4, -0.2) is 98.6 Å². The molecule has 0 saturated carbocycles. The summed E-state index contributed by atoms with van der Waals surface area (Å²) < 4.78 is 43.7. The minimum absolute atomic E-state index is 0.0306. The summed E-state index contributed by atoms with van der Waals surface area (Å²) in [6.07, 6.45) is 3.39. The van der Waals surface area contributed by atoms with E-state index in [0.29, 0.717) is 42.8 Å². The van der Waals surface area contributed by atoms with Gasteiger partial charge < -0.3 is 30.5 Å². The lowest BCUT2D eigenvalue weighted by atomic mass is 9.52. The second-order valence-electron chi connectivity index (χ2n) is 11.9. The Balaban J connectivity index is 1.57. The van der Waals surface area contributed by atoms with Crippen molar-refractivity contribution in [2.24, 2.45) is 5.73 Å². The first-order valence-electron chi connectivity index (χ1n) is 14.3. The Morgan fingerprint density at radius 1 is 1.27 bits per heavy atom. The molecule has 4 N–H and O–H groups in total. The molecule has 1 saturated heterocycles. The lowest BCUT2D eigenvalue weighted by molar-refractivity contribution is 0.102. The van der Waals surface area contributed by atoms with Gasteiger partial charge in [0.1, 0.15) is 46.3 Å². The van der Waals surface area contributed by atoms with Gasteiger partial charge in [-0.05, 0) is 31.0 Å². The van der Waals surface area contributed by atoms with Crippen molar-refractivity contribution < 1.29 is 28.2 Å². The average molecular weight is 603 g/mol. The summed E-state index contributed by atoms with van der Waals surface area (Å²) in [7, 11) is 7.05. The van der Waals surface area contributed by atoms with Crippen LogP contribution in [0.15, 0.2) is 36.7 Å². The van der Waals surface area contributed by atoms with Crippen LogP contribution in [0.2, 0.25) is 0 Å². The van der Waals surface area contributed by atoms with Crippen LogP contribution in [0, 0.1) is 18.6 Å². The highest BCUT2D eigenvalue weighted by atomic mass is 19.1. The van der Waals surface area contributed by atoms with Gasteiger partial charge in [0, 0.05) is 42.6 Å². The molecule has 11 nitrogen and oxygen atoms in total. The molecule has 0 aliphatic carbocycles. The maximum atomic E-state index is 15.7. The van der Waals surface area contributed by atoms with Crippen LogP contribution < -0.4 is 20.7 Å². The molecule has 2 aromatic heterocycles. The smallest absolute Gasteiger partial charge is 0.274 e. The number of aliphatic hydroxyl groups is 1. The van der Waals surface area contributed by atoms with Crippen LogP contribution in [0.4, 0.5) is 20.2 Å². The molecule has 1 fully saturated rings. The van der Waals surface area contributed by atoms with Crippen LogP contribution >= 0.6 is 0 Å². The van der Waals surface area contributed by atoms with Crippen molar-refractivity contribution in [2.45, 2.75) is 37.3 Å². The minimum Gasteiger partial charge on any atom is -0.513 e. The average Bonchev–Trinajstić information content (AvgIpc) is 3.57. The van der Waals surface area contributed by atoms with Gasteiger partial charge in [-0.2, -0.15) is 5.10 Å². The number of aryl methyl sites for hydroxylation is 1. The van der Waals surface area contributed by atoms with Gasteiger partial charge in [0.2, 0.25) is 0 Å². The summed E-state index contributed by atoms with van der Waals surface area (Å²) in [4.78, 5) is 24.2. The second-order valence-corrected chi connectivity index (χ2v) is 11.9. The minimum atomic E-state index is -0.671. The number of nitrogens with zero attached hydrogens (tertiary/aromatic N) is 5. The number of nitrogens with two attached hydrogens (primary N) is 1. The maximum Gasteiger partial charge on any atom is 0.274 e. The quantitative estimate of drug-likeness (QED) is 0.210. The predicted molar refractivity (Wildman–Crippen MR) is 171 cm³/mol. The molecule has 4 aromatic rings. The fourth-order valence-electron chi connectivity index (χ4n) is 5.45. The zero-order valence-corrected chi connectivity index (χ0v) is 25.4. The van der Waals surface area contributed by atoms with E-state index in [1.165, 1.54) is 29.2 Å². The highest BCUT2D eigenvalue weighted by Crippen LogP contribution is 2.40. The first-order chi connectivity index (χ1) is 20.9. The molecule has 228 valence electrons. The molecular weight excluding hydrogens is 569 g/mol. The van der Waals surface area contributed by atoms with Gasteiger partial charge in [0.05, 0.1) is 48.9 Å². The number of ether oxygens (including phenoxy) is 2. The summed E-state index contributed by atoms with van der Waals surface area (Å²) in [6, 6.07) is 5.26. The van der Waals surface area contributed by atoms with Gasteiger partial charge in [-0.1, -0.05) is 6.07 Å². The van der Waals surface area contributed by atoms with Gasteiger partial charge in [0.15, 0.2) is 11.6 Å². The van der Waals surface area contributed by atoms with Crippen molar-refractivity contribution in [3.63, 3.8) is 0 Å². The Bertz CT molecular complexity index is 1700. The molecule has 1 aliphatic rings. The van der Waals surface area contributed by atoms with Crippen molar-refractivity contribution in [3.05, 3.63) is 59.6 Å². The number of hydrogen-bond acceptors (Lipinski definition) is 9. The van der Waals surface area contributed by atoms with Crippen molar-refractivity contribution in [3.8, 4) is 17.1 Å². The Hall–Kier alpha value is -4.01. The van der Waals surface area contributed by atoms with Crippen molar-refractivity contribution in [1.29, 1.82) is 0 Å². The van der Waals surface area contributed by atoms with E-state index in [2.05, 4.69) is 20.4 Å². The summed E-state index contributed by atoms with van der Waals surface area (Å²) in [6.45, 7) is 2.43. The number of aromatic nitrogens is 4. The first-order valence-corrected chi connectivity index (χ1v) is 14.3. The number of anilines is 2. The van der Waals surface area contributed by atoms with Crippen LogP contribution in [0.25, 0.3) is 22.3 Å². The van der Waals surface area contributed by atoms with Gasteiger partial charge in [-0.25, -0.2) is 18.7 Å². The van der Waals surface area contributed by atoms with E-state index >= 15 is 8.78 Å². The molecule has 2 atom stereocenters. The molecule has 0 spiro atoms. The van der Waals surface area contributed by atoms with Crippen molar-refractivity contribution in [2.75, 3.05) is 37.1 Å². The summed E-state index contributed by atoms with van der Waals surface area (Å²) in [5, 5.41) is 17.1. The van der Waals surface area contributed by atoms with Gasteiger partial charge in [-0.3, -0.25) is 9.48 Å². The SMILES string of the molecule is BC(B)(B)Oc1ccc(C)c(F)c1-c1nccc(C(=O)Nc2cc(F)c3c(cnn3CCOC)c2N2CC(N)CC2CO)n1. The zero-order valence-electron chi connectivity index (χ0n) is 25.4. The van der Waals surface area contributed by atoms with Gasteiger partial charge in [-0.15, -0.1) is 0 Å². The zero-order chi connectivity index (χ0) is 31.8. The first kappa shape index (κ1) is 31.4. The molecule has 44 heavy (non-hydrogen) atoms. The van der Waals surface area contributed by atoms with E-state index in [-0.39, 0.29) is 52.7 Å². The number of carbonyl (C=O) groups excluding carboxylic acids is 1. The van der Waals surface area contributed by atoms with E-state index in [0.717, 1.165) is 0 Å². The van der Waals surface area contributed by atoms with E-state index in [1.54, 1.807) is 26.2 Å². The number of fused-ring (bicyclic) bond motifs is 1. The number of aliphatic hydroxyl groups excluding tert-OH is 1. The summed E-state index contributed by atoms with van der Waals surface area (Å²) in [5.41, 5.74) is 7.43. The monoisotopic (exact) mass is 603 g/mol. The number of carbonyl (C=O) groups is 1. The molecule has 16 heteroatoms. The van der Waals surface area contributed by atoms with Crippen molar-refractivity contribution >= 4 is 51.7 Å². The number of rotatable bonds is 10. The fourth-order valence-corrected chi connectivity index (χ4v) is 5.45. The Kier molecular flexibility index (Phi) is 8.96. The summed E-state index contributed by atoms with van der Waals surface area (Å²) in [5.74, 6) is -1.64. The van der Waals surface area contributed by atoms with Crippen LogP contribution in [0.3, 0.4) is 0 Å². The molecule has 0 radical (unpaired) electrons. The molecule has 1 amide bonds. The Labute approximate surface area is 256 Å². The van der Waals surface area contributed by atoms with Gasteiger partial charge in [0.25, 0.3) is 5.91 Å². The lowest BCUT2D eigenvalue weighted by Gasteiger charge is -2.28. The Morgan fingerprint density at radius 2 is 2.05 bits per heavy atom. The van der Waals surface area contributed by atoms with Crippen molar-refractivity contribution in [1.82, 2.24) is 19.7 Å². The second kappa shape index (κ2) is 12.5. The van der Waals surface area contributed by atoms with E-state index in [1.807, 2.05) is 28.4 Å². The van der Waals surface area contributed by atoms with Crippen LogP contribution in [-0.2, 0) is 11.3 Å². The Morgan fingerprint density at radius 3 is 2.75 bits per heavy atom. The molecule has 2 aromatic carbocycles. The normalized spacial score (nSPS) is 16.9. The molecule has 5 rings (SSSR count). The largest absolute Gasteiger partial charge is 0.513 e. The van der Waals surface area contributed by atoms with Crippen LogP contribution in [0.5, 0.6) is 5.75 Å². The molecular formula is C28H34B3F2N7O4. The number of nitrogens with one attached hydrogen (secondary N) is 1. The predicted octanol–water partition coefficient (Wildman–Crippen LogP) is -0.234. The number of hydrogen-bond donors (Lipinski definition) is 3. The third-order valence-corrected chi connectivity index (χ3v) is 7.37. The van der Waals surface area contributed by atoms with Gasteiger partial charge >= 0.3 is 0 Å². The topological polar surface area (TPSA) is 141 Å². The van der Waals surface area contributed by atoms with E-state index in [9.17, 15) is 9.90 Å². The lowest BCUT2D eigenvalue weighted by Crippen LogP contribution is -2.37. The van der Waals surface area contributed by atoms with E-state index in [4.69, 9.17) is 15.2 Å².